The van der Waals surface area contributed by atoms with Gasteiger partial charge in [-0.25, -0.2) is 4.79 Å². The van der Waals surface area contributed by atoms with Crippen molar-refractivity contribution in [2.45, 2.75) is 13.0 Å². The zero-order chi connectivity index (χ0) is 15.5. The summed E-state index contributed by atoms with van der Waals surface area (Å²) in [5.74, 6) is 0.473. The Hall–Kier alpha value is -2.05. The van der Waals surface area contributed by atoms with Crippen LogP contribution in [0.2, 0.25) is 0 Å². The number of halogens is 1. The lowest BCUT2D eigenvalue weighted by Gasteiger charge is -2.31. The summed E-state index contributed by atoms with van der Waals surface area (Å²) in [4.78, 5) is 25.2. The van der Waals surface area contributed by atoms with Crippen molar-refractivity contribution in [3.8, 4) is 5.75 Å². The minimum atomic E-state index is -0.407. The van der Waals surface area contributed by atoms with Gasteiger partial charge in [-0.15, -0.1) is 12.4 Å². The topological polar surface area (TPSA) is 71.8 Å². The number of piperazine rings is 1. The van der Waals surface area contributed by atoms with Crippen molar-refractivity contribution in [1.29, 1.82) is 0 Å². The van der Waals surface area contributed by atoms with E-state index in [1.54, 1.807) is 29.2 Å². The molecule has 0 saturated carbocycles. The fourth-order valence-electron chi connectivity index (χ4n) is 2.53. The lowest BCUT2D eigenvalue weighted by molar-refractivity contribution is -0.134. The Labute approximate surface area is 139 Å². The summed E-state index contributed by atoms with van der Waals surface area (Å²) >= 11 is 0. The average molecular weight is 339 g/mol. The van der Waals surface area contributed by atoms with Crippen molar-refractivity contribution in [3.63, 3.8) is 0 Å². The van der Waals surface area contributed by atoms with E-state index in [9.17, 15) is 9.59 Å². The molecule has 124 valence electrons. The standard InChI is InChI=1S/C16H18N2O4.ClH/c1-11-9-18(7-6-17-11)15(19)10-21-13-4-2-12-3-5-16(20)22-14(12)8-13;/h2-5,8,11,17H,6-7,9-10H2,1H3;1H. The van der Waals surface area contributed by atoms with Crippen LogP contribution in [0, 0.1) is 0 Å². The molecular weight excluding hydrogens is 320 g/mol. The Kier molecular flexibility index (Phi) is 5.63. The highest BCUT2D eigenvalue weighted by Crippen LogP contribution is 2.19. The fourth-order valence-corrected chi connectivity index (χ4v) is 2.53. The summed E-state index contributed by atoms with van der Waals surface area (Å²) in [5.41, 5.74) is 0.0452. The largest absolute Gasteiger partial charge is 0.484 e. The number of carbonyl (C=O) groups excluding carboxylic acids is 1. The number of amides is 1. The van der Waals surface area contributed by atoms with Gasteiger partial charge in [0, 0.05) is 43.2 Å². The molecule has 1 unspecified atom stereocenters. The van der Waals surface area contributed by atoms with Gasteiger partial charge in [-0.1, -0.05) is 0 Å². The second kappa shape index (κ2) is 7.48. The van der Waals surface area contributed by atoms with E-state index in [1.165, 1.54) is 6.07 Å². The van der Waals surface area contributed by atoms with Crippen molar-refractivity contribution in [3.05, 3.63) is 40.8 Å². The predicted molar refractivity (Wildman–Crippen MR) is 89.3 cm³/mol. The number of ether oxygens (including phenoxy) is 1. The summed E-state index contributed by atoms with van der Waals surface area (Å²) in [6, 6.07) is 8.55. The van der Waals surface area contributed by atoms with Crippen molar-refractivity contribution in [2.75, 3.05) is 26.2 Å². The molecule has 1 N–H and O–H groups in total. The number of fused-ring (bicyclic) bond motifs is 1. The van der Waals surface area contributed by atoms with Gasteiger partial charge in [-0.2, -0.15) is 0 Å². The number of carbonyl (C=O) groups is 1. The number of nitrogens with one attached hydrogen (secondary N) is 1. The molecule has 7 heteroatoms. The van der Waals surface area contributed by atoms with Crippen LogP contribution >= 0.6 is 12.4 Å². The predicted octanol–water partition coefficient (Wildman–Crippen LogP) is 1.41. The maximum absolute atomic E-state index is 12.1. The molecule has 2 aromatic rings. The van der Waals surface area contributed by atoms with Crippen molar-refractivity contribution in [1.82, 2.24) is 10.2 Å². The first-order valence-corrected chi connectivity index (χ1v) is 7.30. The summed E-state index contributed by atoms with van der Waals surface area (Å²) < 4.78 is 10.6. The minimum absolute atomic E-state index is 0. The summed E-state index contributed by atoms with van der Waals surface area (Å²) in [5, 5.41) is 4.10. The van der Waals surface area contributed by atoms with Gasteiger partial charge in [0.25, 0.3) is 5.91 Å². The van der Waals surface area contributed by atoms with Crippen LogP contribution < -0.4 is 15.7 Å². The second-order valence-electron chi connectivity index (χ2n) is 5.44. The van der Waals surface area contributed by atoms with Crippen LogP contribution in [-0.2, 0) is 4.79 Å². The third kappa shape index (κ3) is 4.24. The SMILES string of the molecule is CC1CN(C(=O)COc2ccc3ccc(=O)oc3c2)CCN1.Cl. The van der Waals surface area contributed by atoms with Gasteiger partial charge in [0.2, 0.25) is 0 Å². The Bertz CT molecular complexity index is 746. The molecule has 6 nitrogen and oxygen atoms in total. The molecule has 1 amide bonds. The van der Waals surface area contributed by atoms with Crippen LogP contribution in [0.4, 0.5) is 0 Å². The molecule has 1 aromatic carbocycles. The van der Waals surface area contributed by atoms with Gasteiger partial charge >= 0.3 is 5.63 Å². The zero-order valence-corrected chi connectivity index (χ0v) is 13.6. The summed E-state index contributed by atoms with van der Waals surface area (Å²) in [6.07, 6.45) is 0. The smallest absolute Gasteiger partial charge is 0.336 e. The van der Waals surface area contributed by atoms with Gasteiger partial charge in [-0.05, 0) is 25.1 Å². The van der Waals surface area contributed by atoms with Crippen molar-refractivity contribution < 1.29 is 13.9 Å². The molecule has 0 radical (unpaired) electrons. The number of rotatable bonds is 3. The highest BCUT2D eigenvalue weighted by Gasteiger charge is 2.20. The molecule has 0 bridgehead atoms. The first-order chi connectivity index (χ1) is 10.6. The molecule has 3 rings (SSSR count). The molecule has 1 atom stereocenters. The maximum atomic E-state index is 12.1. The highest BCUT2D eigenvalue weighted by molar-refractivity contribution is 5.85. The van der Waals surface area contributed by atoms with Gasteiger partial charge in [-0.3, -0.25) is 4.79 Å². The second-order valence-corrected chi connectivity index (χ2v) is 5.44. The van der Waals surface area contributed by atoms with E-state index in [0.717, 1.165) is 11.9 Å². The van der Waals surface area contributed by atoms with Crippen LogP contribution in [0.5, 0.6) is 5.75 Å². The maximum Gasteiger partial charge on any atom is 0.336 e. The molecule has 1 aromatic heterocycles. The Morgan fingerprint density at radius 3 is 2.96 bits per heavy atom. The molecular formula is C16H19ClN2O4. The Morgan fingerprint density at radius 2 is 2.17 bits per heavy atom. The molecule has 1 aliphatic heterocycles. The molecule has 1 aliphatic rings. The van der Waals surface area contributed by atoms with Gasteiger partial charge in [0.1, 0.15) is 11.3 Å². The van der Waals surface area contributed by atoms with Gasteiger partial charge in [0.15, 0.2) is 6.61 Å². The van der Waals surface area contributed by atoms with Crippen molar-refractivity contribution in [2.24, 2.45) is 0 Å². The van der Waals surface area contributed by atoms with Crippen molar-refractivity contribution >= 4 is 29.3 Å². The lowest BCUT2D eigenvalue weighted by Crippen LogP contribution is -2.52. The number of benzene rings is 1. The number of hydrogen-bond acceptors (Lipinski definition) is 5. The first-order valence-electron chi connectivity index (χ1n) is 7.30. The van der Waals surface area contributed by atoms with Crippen LogP contribution in [0.25, 0.3) is 11.0 Å². The lowest BCUT2D eigenvalue weighted by atomic mass is 10.2. The first kappa shape index (κ1) is 17.3. The number of nitrogens with zero attached hydrogens (tertiary/aromatic N) is 1. The van der Waals surface area contributed by atoms with E-state index in [4.69, 9.17) is 9.15 Å². The van der Waals surface area contributed by atoms with E-state index in [-0.39, 0.29) is 24.9 Å². The van der Waals surface area contributed by atoms with Crippen LogP contribution in [-0.4, -0.2) is 43.1 Å². The van der Waals surface area contributed by atoms with Crippen LogP contribution in [0.15, 0.2) is 39.5 Å². The summed E-state index contributed by atoms with van der Waals surface area (Å²) in [6.45, 7) is 4.21. The van der Waals surface area contributed by atoms with E-state index in [2.05, 4.69) is 5.32 Å². The van der Waals surface area contributed by atoms with E-state index < -0.39 is 5.63 Å². The fraction of sp³-hybridized carbons (Fsp3) is 0.375. The molecule has 0 aliphatic carbocycles. The number of hydrogen-bond donors (Lipinski definition) is 1. The molecule has 1 fully saturated rings. The third-order valence-corrected chi connectivity index (χ3v) is 3.68. The van der Waals surface area contributed by atoms with E-state index in [0.29, 0.717) is 30.5 Å². The Morgan fingerprint density at radius 1 is 1.39 bits per heavy atom. The molecule has 2 heterocycles. The monoisotopic (exact) mass is 338 g/mol. The molecule has 1 saturated heterocycles. The molecule has 23 heavy (non-hydrogen) atoms. The molecule has 0 spiro atoms. The highest BCUT2D eigenvalue weighted by atomic mass is 35.5. The van der Waals surface area contributed by atoms with Crippen LogP contribution in [0.1, 0.15) is 6.92 Å². The summed E-state index contributed by atoms with van der Waals surface area (Å²) in [7, 11) is 0. The average Bonchev–Trinajstić information content (AvgIpc) is 2.52. The van der Waals surface area contributed by atoms with Gasteiger partial charge < -0.3 is 19.4 Å². The minimum Gasteiger partial charge on any atom is -0.484 e. The quantitative estimate of drug-likeness (QED) is 0.857. The zero-order valence-electron chi connectivity index (χ0n) is 12.8. The van der Waals surface area contributed by atoms with Gasteiger partial charge in [0.05, 0.1) is 0 Å². The van der Waals surface area contributed by atoms with E-state index in [1.807, 2.05) is 6.92 Å². The van der Waals surface area contributed by atoms with Crippen LogP contribution in [0.3, 0.4) is 0 Å². The van der Waals surface area contributed by atoms with E-state index >= 15 is 0 Å². The normalized spacial score (nSPS) is 17.6. The Balaban J connectivity index is 0.00000192. The third-order valence-electron chi connectivity index (χ3n) is 3.68.